The molecule has 12 aromatic carbocycles. The van der Waals surface area contributed by atoms with Crippen LogP contribution in [0, 0.1) is 0 Å². The predicted octanol–water partition coefficient (Wildman–Crippen LogP) is 17.5. The number of para-hydroxylation sites is 6. The highest BCUT2D eigenvalue weighted by Crippen LogP contribution is 2.47. The summed E-state index contributed by atoms with van der Waals surface area (Å²) in [5.74, 6) is 2.26. The molecule has 0 spiro atoms. The largest absolute Gasteiger partial charge is 0.311 e. The first-order valence-electron chi connectivity index (χ1n) is 29.8. The molecule has 410 valence electrons. The van der Waals surface area contributed by atoms with Gasteiger partial charge in [0.25, 0.3) is 6.71 Å². The summed E-state index contributed by atoms with van der Waals surface area (Å²) in [5.41, 5.74) is 22.7. The molecular formula is C79H51BN8. The Morgan fingerprint density at radius 1 is 0.250 bits per heavy atom. The van der Waals surface area contributed by atoms with Gasteiger partial charge in [-0.2, -0.15) is 0 Å². The maximum Gasteiger partial charge on any atom is 0.252 e. The van der Waals surface area contributed by atoms with E-state index in [2.05, 4.69) is 257 Å². The molecule has 0 aliphatic carbocycles. The second-order valence-electron chi connectivity index (χ2n) is 22.4. The van der Waals surface area contributed by atoms with E-state index in [1.807, 2.05) is 66.7 Å². The number of aromatic nitrogens is 6. The maximum absolute atomic E-state index is 5.71. The van der Waals surface area contributed by atoms with Gasteiger partial charge in [0.15, 0.2) is 23.3 Å². The summed E-state index contributed by atoms with van der Waals surface area (Å²) in [6.07, 6.45) is 0. The Morgan fingerprint density at radius 2 is 0.682 bits per heavy atom. The molecule has 0 unspecified atom stereocenters. The molecule has 2 aliphatic heterocycles. The van der Waals surface area contributed by atoms with Gasteiger partial charge in [-0.15, -0.1) is 0 Å². The van der Waals surface area contributed by atoms with Gasteiger partial charge in [-0.25, -0.2) is 24.9 Å². The van der Waals surface area contributed by atoms with Crippen molar-refractivity contribution in [2.75, 3.05) is 9.80 Å². The standard InChI is InChI=1S/C79H51BN8/c1-6-25-52(26-7-1)66-51-67(56-32-24-31-55(47-56)58-49-73-75-74(50-58)87(60-35-14-5-15-36-60)72-44-23-19-40-65(72)80(75)64-39-18-22-43-71(64)86(73)59-33-12-4-13-34-59)82-79(81-66)63-48-57(45-46-70(63)88-68-41-20-16-37-61(68)62-38-17-21-42-69(62)88)78-84-76(53-27-8-2-9-28-53)83-77(85-78)54-29-10-3-11-30-54/h1-51H. The predicted molar refractivity (Wildman–Crippen MR) is 362 cm³/mol. The molecule has 0 fully saturated rings. The van der Waals surface area contributed by atoms with Crippen LogP contribution in [0.15, 0.2) is 309 Å². The van der Waals surface area contributed by atoms with Crippen LogP contribution in [0.2, 0.25) is 0 Å². The minimum absolute atomic E-state index is 0.00131. The first kappa shape index (κ1) is 50.7. The molecule has 3 aromatic heterocycles. The fourth-order valence-electron chi connectivity index (χ4n) is 13.3. The lowest BCUT2D eigenvalue weighted by atomic mass is 9.33. The lowest BCUT2D eigenvalue weighted by Crippen LogP contribution is -2.61. The van der Waals surface area contributed by atoms with Crippen LogP contribution < -0.4 is 26.2 Å². The Morgan fingerprint density at radius 3 is 1.23 bits per heavy atom. The van der Waals surface area contributed by atoms with E-state index in [1.165, 1.54) is 27.8 Å². The number of nitrogens with zero attached hydrogens (tertiary/aromatic N) is 8. The summed E-state index contributed by atoms with van der Waals surface area (Å²) in [7, 11) is 0. The van der Waals surface area contributed by atoms with Crippen molar-refractivity contribution in [1.29, 1.82) is 0 Å². The highest BCUT2D eigenvalue weighted by Gasteiger charge is 2.43. The Labute approximate surface area is 509 Å². The number of benzene rings is 12. The van der Waals surface area contributed by atoms with Gasteiger partial charge in [-0.05, 0) is 119 Å². The number of fused-ring (bicyclic) bond motifs is 7. The smallest absolute Gasteiger partial charge is 0.252 e. The van der Waals surface area contributed by atoms with Crippen LogP contribution in [0.4, 0.5) is 34.1 Å². The average molecular weight is 1120 g/mol. The summed E-state index contributed by atoms with van der Waals surface area (Å²) in [6.45, 7) is 0.00131. The Hall–Kier alpha value is -11.8. The molecular weight excluding hydrogens is 1070 g/mol. The van der Waals surface area contributed by atoms with Crippen LogP contribution >= 0.6 is 0 Å². The molecule has 8 nitrogen and oxygen atoms in total. The summed E-state index contributed by atoms with van der Waals surface area (Å²) in [5, 5.41) is 2.31. The van der Waals surface area contributed by atoms with Gasteiger partial charge >= 0.3 is 0 Å². The molecule has 0 saturated heterocycles. The highest BCUT2D eigenvalue weighted by molar-refractivity contribution is 7.00. The van der Waals surface area contributed by atoms with E-state index in [1.54, 1.807) is 0 Å². The minimum atomic E-state index is 0.00131. The molecule has 0 radical (unpaired) electrons. The van der Waals surface area contributed by atoms with Crippen LogP contribution in [-0.4, -0.2) is 36.2 Å². The fraction of sp³-hybridized carbons (Fsp3) is 0. The van der Waals surface area contributed by atoms with E-state index in [0.29, 0.717) is 23.3 Å². The van der Waals surface area contributed by atoms with Gasteiger partial charge in [0.2, 0.25) is 0 Å². The van der Waals surface area contributed by atoms with Crippen molar-refractivity contribution >= 4 is 79.0 Å². The first-order valence-corrected chi connectivity index (χ1v) is 29.8. The van der Waals surface area contributed by atoms with E-state index in [4.69, 9.17) is 24.9 Å². The van der Waals surface area contributed by atoms with Gasteiger partial charge in [-0.1, -0.05) is 218 Å². The van der Waals surface area contributed by atoms with Crippen LogP contribution in [0.5, 0.6) is 0 Å². The molecule has 88 heavy (non-hydrogen) atoms. The zero-order chi connectivity index (χ0) is 58.1. The highest BCUT2D eigenvalue weighted by atomic mass is 15.2. The van der Waals surface area contributed by atoms with Gasteiger partial charge < -0.3 is 14.4 Å². The molecule has 17 rings (SSSR count). The van der Waals surface area contributed by atoms with Crippen LogP contribution in [0.25, 0.3) is 107 Å². The van der Waals surface area contributed by atoms with Crippen molar-refractivity contribution < 1.29 is 0 Å². The molecule has 0 saturated carbocycles. The Balaban J connectivity index is 0.890. The number of anilines is 6. The maximum atomic E-state index is 5.71. The SMILES string of the molecule is c1ccc(-c2cc(-c3cccc(-c4cc5c6c(c4)N(c4ccccc4)c4ccccc4B6c4ccccc4N5c4ccccc4)c3)nc(-c3cc(-c4nc(-c5ccccc5)nc(-c5ccccc5)n4)ccc3-n3c4ccccc4c4ccccc43)n2)cc1. The van der Waals surface area contributed by atoms with Crippen LogP contribution in [0.3, 0.4) is 0 Å². The molecule has 9 heteroatoms. The number of hydrogen-bond acceptors (Lipinski definition) is 7. The topological polar surface area (TPSA) is 75.9 Å². The quantitative estimate of drug-likeness (QED) is 0.126. The molecule has 0 atom stereocenters. The van der Waals surface area contributed by atoms with Crippen molar-refractivity contribution in [2.24, 2.45) is 0 Å². The van der Waals surface area contributed by atoms with E-state index in [-0.39, 0.29) is 6.71 Å². The lowest BCUT2D eigenvalue weighted by Gasteiger charge is -2.44. The monoisotopic (exact) mass is 1120 g/mol. The van der Waals surface area contributed by atoms with Gasteiger partial charge in [0.05, 0.1) is 28.1 Å². The molecule has 0 bridgehead atoms. The second-order valence-corrected chi connectivity index (χ2v) is 22.4. The average Bonchev–Trinajstić information content (AvgIpc) is 1.04. The zero-order valence-electron chi connectivity index (χ0n) is 47.6. The van der Waals surface area contributed by atoms with E-state index >= 15 is 0 Å². The molecule has 2 aliphatic rings. The molecule has 15 aromatic rings. The molecule has 0 N–H and O–H groups in total. The van der Waals surface area contributed by atoms with Crippen LogP contribution in [0.1, 0.15) is 0 Å². The number of rotatable bonds is 10. The van der Waals surface area contributed by atoms with Crippen molar-refractivity contribution in [3.05, 3.63) is 309 Å². The van der Waals surface area contributed by atoms with E-state index < -0.39 is 0 Å². The van der Waals surface area contributed by atoms with Gasteiger partial charge in [0.1, 0.15) is 0 Å². The fourth-order valence-corrected chi connectivity index (χ4v) is 13.3. The first-order chi connectivity index (χ1) is 43.6. The zero-order valence-corrected chi connectivity index (χ0v) is 47.6. The van der Waals surface area contributed by atoms with Crippen molar-refractivity contribution in [3.63, 3.8) is 0 Å². The van der Waals surface area contributed by atoms with Crippen molar-refractivity contribution in [1.82, 2.24) is 29.5 Å². The van der Waals surface area contributed by atoms with Crippen molar-refractivity contribution in [2.45, 2.75) is 0 Å². The molecule has 5 heterocycles. The second kappa shape index (κ2) is 21.1. The third kappa shape index (κ3) is 8.58. The van der Waals surface area contributed by atoms with Crippen LogP contribution in [-0.2, 0) is 0 Å². The van der Waals surface area contributed by atoms with E-state index in [0.717, 1.165) is 106 Å². The summed E-state index contributed by atoms with van der Waals surface area (Å²) < 4.78 is 2.35. The van der Waals surface area contributed by atoms with Gasteiger partial charge in [0, 0.05) is 78.3 Å². The third-order valence-corrected chi connectivity index (χ3v) is 17.2. The normalized spacial score (nSPS) is 12.2. The molecule has 0 amide bonds. The Kier molecular flexibility index (Phi) is 12.1. The third-order valence-electron chi connectivity index (χ3n) is 17.2. The Bertz CT molecular complexity index is 4950. The van der Waals surface area contributed by atoms with E-state index in [9.17, 15) is 0 Å². The minimum Gasteiger partial charge on any atom is -0.311 e. The summed E-state index contributed by atoms with van der Waals surface area (Å²) in [6, 6.07) is 110. The van der Waals surface area contributed by atoms with Gasteiger partial charge in [-0.3, -0.25) is 0 Å². The summed E-state index contributed by atoms with van der Waals surface area (Å²) in [4.78, 5) is 31.7. The van der Waals surface area contributed by atoms with Crippen molar-refractivity contribution in [3.8, 4) is 84.9 Å². The lowest BCUT2D eigenvalue weighted by molar-refractivity contribution is 1.07. The number of hydrogen-bond donors (Lipinski definition) is 0. The summed E-state index contributed by atoms with van der Waals surface area (Å²) >= 11 is 0.